The maximum absolute atomic E-state index is 8.84. The van der Waals surface area contributed by atoms with Gasteiger partial charge in [0.05, 0.1) is 11.6 Å². The highest BCUT2D eigenvalue weighted by molar-refractivity contribution is 8.01. The number of rotatable bonds is 2. The lowest BCUT2D eigenvalue weighted by molar-refractivity contribution is 0.978. The number of nitriles is 1. The highest BCUT2D eigenvalue weighted by Gasteiger charge is 2.06. The van der Waals surface area contributed by atoms with Crippen molar-refractivity contribution >= 4 is 23.1 Å². The van der Waals surface area contributed by atoms with Crippen molar-refractivity contribution in [2.24, 2.45) is 0 Å². The number of aryl methyl sites for hydroxylation is 2. The van der Waals surface area contributed by atoms with E-state index in [4.69, 9.17) is 5.26 Å². The summed E-state index contributed by atoms with van der Waals surface area (Å²) >= 11 is 2.95. The topological polar surface area (TPSA) is 62.5 Å². The van der Waals surface area contributed by atoms with E-state index in [9.17, 15) is 0 Å². The van der Waals surface area contributed by atoms with Gasteiger partial charge in [-0.25, -0.2) is 4.98 Å². The van der Waals surface area contributed by atoms with Gasteiger partial charge in [0.15, 0.2) is 4.34 Å². The summed E-state index contributed by atoms with van der Waals surface area (Å²) in [4.78, 5) is 4.34. The molecule has 2 heterocycles. The van der Waals surface area contributed by atoms with Crippen LogP contribution >= 0.6 is 23.1 Å². The summed E-state index contributed by atoms with van der Waals surface area (Å²) in [7, 11) is 0. The van der Waals surface area contributed by atoms with E-state index >= 15 is 0 Å². The number of pyridine rings is 1. The molecule has 0 saturated heterocycles. The van der Waals surface area contributed by atoms with Gasteiger partial charge in [-0.15, -0.1) is 10.2 Å². The summed E-state index contributed by atoms with van der Waals surface area (Å²) in [5.41, 5.74) is 1.46. The molecular formula is C10H8N4S2. The predicted octanol–water partition coefficient (Wildman–Crippen LogP) is 2.57. The number of hydrogen-bond donors (Lipinski definition) is 0. The lowest BCUT2D eigenvalue weighted by Gasteiger charge is -1.99. The van der Waals surface area contributed by atoms with Crippen molar-refractivity contribution < 1.29 is 0 Å². The minimum absolute atomic E-state index is 0.622. The molecule has 0 saturated carbocycles. The first kappa shape index (κ1) is 11.0. The van der Waals surface area contributed by atoms with Gasteiger partial charge < -0.3 is 0 Å². The summed E-state index contributed by atoms with van der Waals surface area (Å²) in [6.07, 6.45) is 0. The van der Waals surface area contributed by atoms with E-state index in [1.54, 1.807) is 12.1 Å². The summed E-state index contributed by atoms with van der Waals surface area (Å²) in [6.45, 7) is 3.78. The van der Waals surface area contributed by atoms with Crippen LogP contribution in [0.1, 0.15) is 16.3 Å². The van der Waals surface area contributed by atoms with Crippen LogP contribution in [0.5, 0.6) is 0 Å². The van der Waals surface area contributed by atoms with Crippen LogP contribution in [0, 0.1) is 25.2 Å². The normalized spacial score (nSPS) is 10.1. The van der Waals surface area contributed by atoms with E-state index in [1.165, 1.54) is 23.1 Å². The largest absolute Gasteiger partial charge is 0.246 e. The molecule has 16 heavy (non-hydrogen) atoms. The van der Waals surface area contributed by atoms with E-state index in [0.717, 1.165) is 20.1 Å². The Bertz CT molecular complexity index is 556. The smallest absolute Gasteiger partial charge is 0.180 e. The molecule has 0 amide bonds. The molecule has 0 spiro atoms. The highest BCUT2D eigenvalue weighted by atomic mass is 32.2. The summed E-state index contributed by atoms with van der Waals surface area (Å²) in [5, 5.41) is 18.5. The Labute approximate surface area is 101 Å². The molecule has 4 nitrogen and oxygen atoms in total. The Morgan fingerprint density at radius 1 is 1.31 bits per heavy atom. The van der Waals surface area contributed by atoms with Crippen LogP contribution in [-0.2, 0) is 0 Å². The first-order valence-corrected chi connectivity index (χ1v) is 6.17. The first-order chi connectivity index (χ1) is 7.67. The standard InChI is InChI=1S/C10H8N4S2/c1-6-3-8(5-11)4-9(12-6)16-10-14-13-7(2)15-10/h3-4H,1-2H3. The van der Waals surface area contributed by atoms with Gasteiger partial charge in [0, 0.05) is 5.69 Å². The Kier molecular flexibility index (Phi) is 3.17. The Morgan fingerprint density at radius 3 is 2.75 bits per heavy atom. The summed E-state index contributed by atoms with van der Waals surface area (Å²) in [5.74, 6) is 0. The van der Waals surface area contributed by atoms with Crippen LogP contribution in [0.3, 0.4) is 0 Å². The second-order valence-electron chi connectivity index (χ2n) is 3.14. The van der Waals surface area contributed by atoms with E-state index in [-0.39, 0.29) is 0 Å². The zero-order valence-corrected chi connectivity index (χ0v) is 10.4. The van der Waals surface area contributed by atoms with Gasteiger partial charge in [-0.2, -0.15) is 5.26 Å². The van der Waals surface area contributed by atoms with Crippen molar-refractivity contribution in [1.29, 1.82) is 5.26 Å². The maximum atomic E-state index is 8.84. The molecule has 0 aliphatic heterocycles. The van der Waals surface area contributed by atoms with Crippen LogP contribution in [0.25, 0.3) is 0 Å². The lowest BCUT2D eigenvalue weighted by atomic mass is 10.2. The predicted molar refractivity (Wildman–Crippen MR) is 62.5 cm³/mol. The Hall–Kier alpha value is -1.45. The molecule has 6 heteroatoms. The van der Waals surface area contributed by atoms with Gasteiger partial charge >= 0.3 is 0 Å². The zero-order chi connectivity index (χ0) is 11.5. The van der Waals surface area contributed by atoms with E-state index in [0.29, 0.717) is 5.56 Å². The summed E-state index contributed by atoms with van der Waals surface area (Å²) < 4.78 is 0.847. The van der Waals surface area contributed by atoms with E-state index in [2.05, 4.69) is 21.3 Å². The number of hydrogen-bond acceptors (Lipinski definition) is 6. The first-order valence-electron chi connectivity index (χ1n) is 4.54. The maximum Gasteiger partial charge on any atom is 0.180 e. The fourth-order valence-electron chi connectivity index (χ4n) is 1.16. The quantitative estimate of drug-likeness (QED) is 0.817. The molecule has 2 aromatic heterocycles. The third-order valence-corrected chi connectivity index (χ3v) is 3.57. The van der Waals surface area contributed by atoms with Crippen molar-refractivity contribution in [1.82, 2.24) is 15.2 Å². The fraction of sp³-hybridized carbons (Fsp3) is 0.200. The lowest BCUT2D eigenvalue weighted by Crippen LogP contribution is -1.87. The molecule has 0 bridgehead atoms. The molecule has 2 aromatic rings. The number of aromatic nitrogens is 3. The van der Waals surface area contributed by atoms with Crippen LogP contribution in [0.2, 0.25) is 0 Å². The molecule has 0 aromatic carbocycles. The van der Waals surface area contributed by atoms with Gasteiger partial charge in [0.1, 0.15) is 10.0 Å². The third-order valence-electron chi connectivity index (χ3n) is 1.76. The minimum atomic E-state index is 0.622. The van der Waals surface area contributed by atoms with Gasteiger partial charge in [-0.3, -0.25) is 0 Å². The fourth-order valence-corrected chi connectivity index (χ4v) is 3.00. The molecule has 0 atom stereocenters. The second kappa shape index (κ2) is 4.60. The molecular weight excluding hydrogens is 240 g/mol. The van der Waals surface area contributed by atoms with Crippen LogP contribution in [0.15, 0.2) is 21.5 Å². The van der Waals surface area contributed by atoms with Crippen molar-refractivity contribution in [2.75, 3.05) is 0 Å². The highest BCUT2D eigenvalue weighted by Crippen LogP contribution is 2.29. The monoisotopic (exact) mass is 248 g/mol. The van der Waals surface area contributed by atoms with Gasteiger partial charge in [-0.05, 0) is 37.7 Å². The second-order valence-corrected chi connectivity index (χ2v) is 5.59. The molecule has 0 unspecified atom stereocenters. The minimum Gasteiger partial charge on any atom is -0.246 e. The Balaban J connectivity index is 2.28. The molecule has 2 rings (SSSR count). The van der Waals surface area contributed by atoms with Crippen LogP contribution < -0.4 is 0 Å². The van der Waals surface area contributed by atoms with E-state index < -0.39 is 0 Å². The van der Waals surface area contributed by atoms with Crippen LogP contribution in [0.4, 0.5) is 0 Å². The molecule has 0 N–H and O–H groups in total. The number of nitrogens with zero attached hydrogens (tertiary/aromatic N) is 4. The van der Waals surface area contributed by atoms with Crippen molar-refractivity contribution in [2.45, 2.75) is 23.2 Å². The molecule has 0 aliphatic rings. The SMILES string of the molecule is Cc1cc(C#N)cc(Sc2nnc(C)s2)n1. The van der Waals surface area contributed by atoms with Crippen molar-refractivity contribution in [3.63, 3.8) is 0 Å². The third kappa shape index (κ3) is 2.56. The molecule has 0 aliphatic carbocycles. The van der Waals surface area contributed by atoms with Crippen LogP contribution in [-0.4, -0.2) is 15.2 Å². The van der Waals surface area contributed by atoms with Crippen molar-refractivity contribution in [3.05, 3.63) is 28.4 Å². The van der Waals surface area contributed by atoms with Gasteiger partial charge in [0.2, 0.25) is 0 Å². The van der Waals surface area contributed by atoms with Gasteiger partial charge in [0.25, 0.3) is 0 Å². The van der Waals surface area contributed by atoms with Crippen molar-refractivity contribution in [3.8, 4) is 6.07 Å². The zero-order valence-electron chi connectivity index (χ0n) is 8.76. The Morgan fingerprint density at radius 2 is 2.12 bits per heavy atom. The summed E-state index contributed by atoms with van der Waals surface area (Å²) in [6, 6.07) is 5.63. The van der Waals surface area contributed by atoms with E-state index in [1.807, 2.05) is 13.8 Å². The molecule has 0 radical (unpaired) electrons. The average molecular weight is 248 g/mol. The molecule has 80 valence electrons. The average Bonchev–Trinajstić information content (AvgIpc) is 2.63. The molecule has 0 fully saturated rings. The van der Waals surface area contributed by atoms with Gasteiger partial charge in [-0.1, -0.05) is 11.3 Å².